The molecule has 0 radical (unpaired) electrons. The second kappa shape index (κ2) is 4.79. The fraction of sp³-hybridized carbons (Fsp3) is 0.333. The summed E-state index contributed by atoms with van der Waals surface area (Å²) in [6, 6.07) is 6.96. The summed E-state index contributed by atoms with van der Waals surface area (Å²) in [6.07, 6.45) is 0. The molecule has 0 aliphatic carbocycles. The van der Waals surface area contributed by atoms with Crippen molar-refractivity contribution in [2.75, 3.05) is 33.1 Å². The molecule has 86 valence electrons. The van der Waals surface area contributed by atoms with Crippen LogP contribution in [0.1, 0.15) is 10.4 Å². The molecule has 0 saturated heterocycles. The Bertz CT molecular complexity index is 394. The van der Waals surface area contributed by atoms with Gasteiger partial charge in [-0.2, -0.15) is 0 Å². The highest BCUT2D eigenvalue weighted by Crippen LogP contribution is 2.12. The number of benzene rings is 1. The van der Waals surface area contributed by atoms with Gasteiger partial charge in [-0.25, -0.2) is 0 Å². The van der Waals surface area contributed by atoms with Crippen molar-refractivity contribution in [2.45, 2.75) is 0 Å². The molecule has 1 rings (SSSR count). The Morgan fingerprint density at radius 3 is 1.81 bits per heavy atom. The van der Waals surface area contributed by atoms with Crippen LogP contribution in [0.15, 0.2) is 24.3 Å². The number of carbonyl (C=O) groups excluding carboxylic acids is 2. The van der Waals surface area contributed by atoms with Crippen LogP contribution in [0.2, 0.25) is 0 Å². The summed E-state index contributed by atoms with van der Waals surface area (Å²) >= 11 is 0. The molecular weight excluding hydrogens is 204 g/mol. The van der Waals surface area contributed by atoms with Crippen molar-refractivity contribution in [3.8, 4) is 0 Å². The van der Waals surface area contributed by atoms with Gasteiger partial charge in [-0.05, 0) is 24.3 Å². The maximum atomic E-state index is 11.7. The lowest BCUT2D eigenvalue weighted by Crippen LogP contribution is -2.29. The number of hydrogen-bond acceptors (Lipinski definition) is 3. The fourth-order valence-corrected chi connectivity index (χ4v) is 1.24. The Morgan fingerprint density at radius 1 is 0.938 bits per heavy atom. The Kier molecular flexibility index (Phi) is 3.66. The van der Waals surface area contributed by atoms with Crippen LogP contribution in [-0.4, -0.2) is 44.8 Å². The lowest BCUT2D eigenvalue weighted by molar-refractivity contribution is -0.124. The van der Waals surface area contributed by atoms with Crippen molar-refractivity contribution >= 4 is 17.4 Å². The van der Waals surface area contributed by atoms with E-state index in [1.807, 2.05) is 31.1 Å². The molecule has 4 heteroatoms. The quantitative estimate of drug-likeness (QED) is 0.564. The highest BCUT2D eigenvalue weighted by atomic mass is 16.2. The number of nitrogens with zero attached hydrogens (tertiary/aromatic N) is 2. The van der Waals surface area contributed by atoms with Crippen molar-refractivity contribution in [1.82, 2.24) is 4.90 Å². The summed E-state index contributed by atoms with van der Waals surface area (Å²) < 4.78 is 0. The third kappa shape index (κ3) is 2.59. The van der Waals surface area contributed by atoms with E-state index in [-0.39, 0.29) is 0 Å². The third-order valence-corrected chi connectivity index (χ3v) is 2.25. The molecular formula is C12H16N2O2. The van der Waals surface area contributed by atoms with Gasteiger partial charge in [0.05, 0.1) is 0 Å². The first-order valence-electron chi connectivity index (χ1n) is 4.97. The largest absolute Gasteiger partial charge is 0.378 e. The maximum Gasteiger partial charge on any atom is 0.294 e. The van der Waals surface area contributed by atoms with E-state index in [1.165, 1.54) is 4.90 Å². The van der Waals surface area contributed by atoms with Gasteiger partial charge in [0.2, 0.25) is 5.78 Å². The topological polar surface area (TPSA) is 40.6 Å². The number of Topliss-reactive ketones (excluding diaryl/α,β-unsaturated/α-hetero) is 1. The van der Waals surface area contributed by atoms with Crippen LogP contribution in [0.5, 0.6) is 0 Å². The second-order valence-corrected chi connectivity index (χ2v) is 3.97. The molecule has 0 N–H and O–H groups in total. The molecule has 1 aromatic rings. The first kappa shape index (κ1) is 12.2. The molecule has 1 aromatic carbocycles. The summed E-state index contributed by atoms with van der Waals surface area (Å²) in [6.45, 7) is 0. The first-order valence-corrected chi connectivity index (χ1v) is 4.97. The number of rotatable bonds is 3. The minimum absolute atomic E-state index is 0.421. The van der Waals surface area contributed by atoms with Crippen LogP contribution >= 0.6 is 0 Å². The van der Waals surface area contributed by atoms with Crippen LogP contribution in [0.3, 0.4) is 0 Å². The molecule has 0 bridgehead atoms. The van der Waals surface area contributed by atoms with Crippen LogP contribution in [0, 0.1) is 0 Å². The molecule has 0 spiro atoms. The summed E-state index contributed by atoms with van der Waals surface area (Å²) in [5.41, 5.74) is 1.41. The van der Waals surface area contributed by atoms with Crippen molar-refractivity contribution < 1.29 is 9.59 Å². The van der Waals surface area contributed by atoms with Crippen LogP contribution in [0.25, 0.3) is 0 Å². The van der Waals surface area contributed by atoms with Gasteiger partial charge in [0.25, 0.3) is 5.91 Å². The zero-order valence-corrected chi connectivity index (χ0v) is 10.0. The SMILES string of the molecule is CN(C)C(=O)C(=O)c1ccc(N(C)C)cc1. The molecule has 0 saturated carbocycles. The van der Waals surface area contributed by atoms with Crippen molar-refractivity contribution in [1.29, 1.82) is 0 Å². The average Bonchev–Trinajstić information content (AvgIpc) is 2.27. The van der Waals surface area contributed by atoms with E-state index >= 15 is 0 Å². The fourth-order valence-electron chi connectivity index (χ4n) is 1.24. The summed E-state index contributed by atoms with van der Waals surface area (Å²) in [4.78, 5) is 26.3. The molecule has 0 unspecified atom stereocenters. The summed E-state index contributed by atoms with van der Waals surface area (Å²) in [5, 5.41) is 0. The number of likely N-dealkylation sites (N-methyl/N-ethyl adjacent to an activating group) is 1. The van der Waals surface area contributed by atoms with Crippen LogP contribution in [-0.2, 0) is 4.79 Å². The molecule has 16 heavy (non-hydrogen) atoms. The van der Waals surface area contributed by atoms with Crippen molar-refractivity contribution in [3.05, 3.63) is 29.8 Å². The number of ketones is 1. The predicted molar refractivity (Wildman–Crippen MR) is 63.8 cm³/mol. The zero-order valence-electron chi connectivity index (χ0n) is 10.0. The molecule has 0 aliphatic rings. The van der Waals surface area contributed by atoms with E-state index in [2.05, 4.69) is 0 Å². The zero-order chi connectivity index (χ0) is 12.3. The minimum Gasteiger partial charge on any atom is -0.378 e. The third-order valence-electron chi connectivity index (χ3n) is 2.25. The predicted octanol–water partition coefficient (Wildman–Crippen LogP) is 1.02. The normalized spacial score (nSPS) is 9.75. The second-order valence-electron chi connectivity index (χ2n) is 3.97. The van der Waals surface area contributed by atoms with Crippen molar-refractivity contribution in [3.63, 3.8) is 0 Å². The molecule has 0 atom stereocenters. The first-order chi connectivity index (χ1) is 7.43. The van der Waals surface area contributed by atoms with Gasteiger partial charge in [0.1, 0.15) is 0 Å². The minimum atomic E-state index is -0.502. The van der Waals surface area contributed by atoms with E-state index < -0.39 is 11.7 Å². The number of hydrogen-bond donors (Lipinski definition) is 0. The van der Waals surface area contributed by atoms with E-state index in [4.69, 9.17) is 0 Å². The van der Waals surface area contributed by atoms with Crippen molar-refractivity contribution in [2.24, 2.45) is 0 Å². The van der Waals surface area contributed by atoms with Gasteiger partial charge < -0.3 is 9.80 Å². The smallest absolute Gasteiger partial charge is 0.294 e. The van der Waals surface area contributed by atoms with Gasteiger partial charge in [0, 0.05) is 39.4 Å². The molecule has 0 heterocycles. The standard InChI is InChI=1S/C12H16N2O2/c1-13(2)10-7-5-9(6-8-10)11(15)12(16)14(3)4/h5-8H,1-4H3. The average molecular weight is 220 g/mol. The van der Waals surface area contributed by atoms with Crippen LogP contribution < -0.4 is 4.90 Å². The Balaban J connectivity index is 2.90. The molecule has 4 nitrogen and oxygen atoms in total. The van der Waals surface area contributed by atoms with Crippen LogP contribution in [0.4, 0.5) is 5.69 Å². The molecule has 0 aromatic heterocycles. The van der Waals surface area contributed by atoms with Gasteiger partial charge in [-0.3, -0.25) is 9.59 Å². The van der Waals surface area contributed by atoms with Gasteiger partial charge in [-0.15, -0.1) is 0 Å². The van der Waals surface area contributed by atoms with Gasteiger partial charge in [-0.1, -0.05) is 0 Å². The maximum absolute atomic E-state index is 11.7. The number of carbonyl (C=O) groups is 2. The van der Waals surface area contributed by atoms with Gasteiger partial charge in [0.15, 0.2) is 0 Å². The highest BCUT2D eigenvalue weighted by Gasteiger charge is 2.17. The Hall–Kier alpha value is -1.84. The lowest BCUT2D eigenvalue weighted by atomic mass is 10.1. The molecule has 0 fully saturated rings. The van der Waals surface area contributed by atoms with E-state index in [1.54, 1.807) is 26.2 Å². The molecule has 0 aliphatic heterocycles. The number of anilines is 1. The monoisotopic (exact) mass is 220 g/mol. The van der Waals surface area contributed by atoms with E-state index in [9.17, 15) is 9.59 Å². The summed E-state index contributed by atoms with van der Waals surface area (Å²) in [5.74, 6) is -0.979. The highest BCUT2D eigenvalue weighted by molar-refractivity contribution is 6.42. The summed E-state index contributed by atoms with van der Waals surface area (Å²) in [7, 11) is 6.96. The van der Waals surface area contributed by atoms with E-state index in [0.29, 0.717) is 5.56 Å². The molecule has 1 amide bonds. The Morgan fingerprint density at radius 2 is 1.44 bits per heavy atom. The van der Waals surface area contributed by atoms with E-state index in [0.717, 1.165) is 5.69 Å². The number of amides is 1. The van der Waals surface area contributed by atoms with Gasteiger partial charge >= 0.3 is 0 Å². The lowest BCUT2D eigenvalue weighted by Gasteiger charge is -2.13. The Labute approximate surface area is 95.5 Å².